The van der Waals surface area contributed by atoms with Crippen molar-refractivity contribution in [1.29, 1.82) is 0 Å². The monoisotopic (exact) mass is 222 g/mol. The van der Waals surface area contributed by atoms with E-state index in [1.54, 1.807) is 6.07 Å². The second-order valence-electron chi connectivity index (χ2n) is 4.51. The van der Waals surface area contributed by atoms with Crippen LogP contribution in [0.1, 0.15) is 43.1 Å². The van der Waals surface area contributed by atoms with E-state index in [0.29, 0.717) is 17.4 Å². The summed E-state index contributed by atoms with van der Waals surface area (Å²) in [6.07, 6.45) is 4.99. The number of nitrogens with one attached hydrogen (secondary N) is 2. The zero-order chi connectivity index (χ0) is 11.5. The van der Waals surface area contributed by atoms with E-state index < -0.39 is 0 Å². The number of anilines is 1. The minimum Gasteiger partial charge on any atom is -0.382 e. The van der Waals surface area contributed by atoms with E-state index in [9.17, 15) is 4.79 Å². The summed E-state index contributed by atoms with van der Waals surface area (Å²) in [6, 6.07) is 1.77. The van der Waals surface area contributed by atoms with Gasteiger partial charge in [-0.2, -0.15) is 5.10 Å². The Hall–Kier alpha value is -1.52. The predicted molar refractivity (Wildman–Crippen MR) is 61.9 cm³/mol. The van der Waals surface area contributed by atoms with Crippen LogP contribution in [0.3, 0.4) is 0 Å². The maximum atomic E-state index is 11.8. The summed E-state index contributed by atoms with van der Waals surface area (Å²) in [5.74, 6) is 0.839. The first kappa shape index (κ1) is 11.0. The predicted octanol–water partition coefficient (Wildman–Crippen LogP) is 1.30. The molecule has 1 amide bonds. The van der Waals surface area contributed by atoms with Crippen molar-refractivity contribution in [2.75, 3.05) is 5.73 Å². The van der Waals surface area contributed by atoms with Crippen LogP contribution >= 0.6 is 0 Å². The van der Waals surface area contributed by atoms with Crippen molar-refractivity contribution in [2.24, 2.45) is 5.92 Å². The minimum atomic E-state index is -0.122. The molecule has 0 aliphatic heterocycles. The number of amides is 1. The van der Waals surface area contributed by atoms with E-state index in [1.807, 2.05) is 0 Å². The molecule has 4 N–H and O–H groups in total. The van der Waals surface area contributed by atoms with E-state index in [0.717, 1.165) is 0 Å². The molecular formula is C11H18N4O. The number of carbonyl (C=O) groups is 1. The Balaban J connectivity index is 1.91. The van der Waals surface area contributed by atoms with Crippen LogP contribution in [0.5, 0.6) is 0 Å². The summed E-state index contributed by atoms with van der Waals surface area (Å²) in [4.78, 5) is 11.8. The highest BCUT2D eigenvalue weighted by atomic mass is 16.2. The molecule has 1 aliphatic carbocycles. The molecule has 1 aromatic heterocycles. The van der Waals surface area contributed by atoms with E-state index >= 15 is 0 Å². The maximum Gasteiger partial charge on any atom is 0.269 e. The zero-order valence-corrected chi connectivity index (χ0v) is 9.49. The molecule has 1 fully saturated rings. The number of aromatic nitrogens is 2. The fraction of sp³-hybridized carbons (Fsp3) is 0.636. The van der Waals surface area contributed by atoms with Crippen molar-refractivity contribution in [3.05, 3.63) is 11.8 Å². The molecule has 0 aromatic carbocycles. The van der Waals surface area contributed by atoms with Crippen molar-refractivity contribution in [3.63, 3.8) is 0 Å². The SMILES string of the molecule is CC(NC(=O)c1cc(N)n[nH]1)C1CCCC1. The van der Waals surface area contributed by atoms with Crippen molar-refractivity contribution in [1.82, 2.24) is 15.5 Å². The van der Waals surface area contributed by atoms with Crippen LogP contribution in [0.2, 0.25) is 0 Å². The number of nitrogen functional groups attached to an aromatic ring is 1. The van der Waals surface area contributed by atoms with Gasteiger partial charge in [-0.1, -0.05) is 12.8 Å². The molecule has 1 saturated carbocycles. The Kier molecular flexibility index (Phi) is 3.12. The molecule has 0 saturated heterocycles. The van der Waals surface area contributed by atoms with Gasteiger partial charge in [0.2, 0.25) is 0 Å². The van der Waals surface area contributed by atoms with Crippen LogP contribution in [-0.4, -0.2) is 22.1 Å². The fourth-order valence-electron chi connectivity index (χ4n) is 2.31. The lowest BCUT2D eigenvalue weighted by Gasteiger charge is -2.19. The standard InChI is InChI=1S/C11H18N4O/c1-7(8-4-2-3-5-8)13-11(16)9-6-10(12)15-14-9/h6-8H,2-5H2,1H3,(H,13,16)(H3,12,14,15). The molecular weight excluding hydrogens is 204 g/mol. The Morgan fingerprint density at radius 2 is 2.31 bits per heavy atom. The highest BCUT2D eigenvalue weighted by Gasteiger charge is 2.23. The average Bonchev–Trinajstić information content (AvgIpc) is 2.87. The minimum absolute atomic E-state index is 0.122. The van der Waals surface area contributed by atoms with Gasteiger partial charge in [-0.05, 0) is 25.7 Å². The van der Waals surface area contributed by atoms with E-state index in [1.165, 1.54) is 25.7 Å². The first-order chi connectivity index (χ1) is 7.66. The quantitative estimate of drug-likeness (QED) is 0.720. The Labute approximate surface area is 94.8 Å². The summed E-state index contributed by atoms with van der Waals surface area (Å²) < 4.78 is 0. The van der Waals surface area contributed by atoms with Gasteiger partial charge in [0.1, 0.15) is 11.5 Å². The van der Waals surface area contributed by atoms with Crippen molar-refractivity contribution < 1.29 is 4.79 Å². The number of carbonyl (C=O) groups excluding carboxylic acids is 1. The van der Waals surface area contributed by atoms with E-state index in [-0.39, 0.29) is 11.9 Å². The maximum absolute atomic E-state index is 11.8. The number of hydrogen-bond acceptors (Lipinski definition) is 3. The van der Waals surface area contributed by atoms with Crippen molar-refractivity contribution >= 4 is 11.7 Å². The highest BCUT2D eigenvalue weighted by Crippen LogP contribution is 2.27. The van der Waals surface area contributed by atoms with Gasteiger partial charge in [0.05, 0.1) is 0 Å². The van der Waals surface area contributed by atoms with Gasteiger partial charge in [-0.3, -0.25) is 9.89 Å². The van der Waals surface area contributed by atoms with Crippen LogP contribution in [0.15, 0.2) is 6.07 Å². The van der Waals surface area contributed by atoms with Crippen LogP contribution in [-0.2, 0) is 0 Å². The lowest BCUT2D eigenvalue weighted by atomic mass is 10.00. The normalized spacial score (nSPS) is 18.6. The van der Waals surface area contributed by atoms with Crippen LogP contribution in [0.25, 0.3) is 0 Å². The average molecular weight is 222 g/mol. The van der Waals surface area contributed by atoms with Gasteiger partial charge in [-0.25, -0.2) is 0 Å². The second-order valence-corrected chi connectivity index (χ2v) is 4.51. The summed E-state index contributed by atoms with van der Waals surface area (Å²) in [6.45, 7) is 2.06. The lowest BCUT2D eigenvalue weighted by molar-refractivity contribution is 0.0922. The molecule has 1 aliphatic rings. The molecule has 88 valence electrons. The molecule has 1 aromatic rings. The Morgan fingerprint density at radius 3 is 2.88 bits per heavy atom. The zero-order valence-electron chi connectivity index (χ0n) is 9.49. The molecule has 1 atom stereocenters. The van der Waals surface area contributed by atoms with Gasteiger partial charge in [0.15, 0.2) is 0 Å². The van der Waals surface area contributed by atoms with Gasteiger partial charge in [-0.15, -0.1) is 0 Å². The number of nitrogens with zero attached hydrogens (tertiary/aromatic N) is 1. The van der Waals surface area contributed by atoms with Crippen LogP contribution in [0.4, 0.5) is 5.82 Å². The Morgan fingerprint density at radius 1 is 1.62 bits per heavy atom. The number of hydrogen-bond donors (Lipinski definition) is 3. The molecule has 16 heavy (non-hydrogen) atoms. The van der Waals surface area contributed by atoms with E-state index in [2.05, 4.69) is 22.4 Å². The highest BCUT2D eigenvalue weighted by molar-refractivity contribution is 5.93. The second kappa shape index (κ2) is 4.55. The van der Waals surface area contributed by atoms with Gasteiger partial charge < -0.3 is 11.1 Å². The number of aromatic amines is 1. The first-order valence-corrected chi connectivity index (χ1v) is 5.78. The van der Waals surface area contributed by atoms with Crippen LogP contribution in [0, 0.1) is 5.92 Å². The number of nitrogens with two attached hydrogens (primary N) is 1. The smallest absolute Gasteiger partial charge is 0.269 e. The summed E-state index contributed by atoms with van der Waals surface area (Å²) in [7, 11) is 0. The van der Waals surface area contributed by atoms with Crippen LogP contribution < -0.4 is 11.1 Å². The molecule has 5 heteroatoms. The van der Waals surface area contributed by atoms with Gasteiger partial charge in [0, 0.05) is 12.1 Å². The lowest BCUT2D eigenvalue weighted by Crippen LogP contribution is -2.37. The van der Waals surface area contributed by atoms with Gasteiger partial charge in [0.25, 0.3) is 5.91 Å². The summed E-state index contributed by atoms with van der Waals surface area (Å²) in [5.41, 5.74) is 5.88. The molecule has 0 radical (unpaired) electrons. The summed E-state index contributed by atoms with van der Waals surface area (Å²) in [5, 5.41) is 9.33. The molecule has 1 unspecified atom stereocenters. The molecule has 0 bridgehead atoms. The molecule has 1 heterocycles. The summed E-state index contributed by atoms with van der Waals surface area (Å²) >= 11 is 0. The third-order valence-corrected chi connectivity index (χ3v) is 3.31. The third-order valence-electron chi connectivity index (χ3n) is 3.31. The topological polar surface area (TPSA) is 83.8 Å². The Bertz CT molecular complexity index is 368. The van der Waals surface area contributed by atoms with Crippen molar-refractivity contribution in [2.45, 2.75) is 38.6 Å². The van der Waals surface area contributed by atoms with E-state index in [4.69, 9.17) is 5.73 Å². The molecule has 2 rings (SSSR count). The first-order valence-electron chi connectivity index (χ1n) is 5.78. The largest absolute Gasteiger partial charge is 0.382 e. The number of rotatable bonds is 3. The van der Waals surface area contributed by atoms with Gasteiger partial charge >= 0.3 is 0 Å². The molecule has 0 spiro atoms. The third kappa shape index (κ3) is 2.35. The fourth-order valence-corrected chi connectivity index (χ4v) is 2.31. The van der Waals surface area contributed by atoms with Crippen molar-refractivity contribution in [3.8, 4) is 0 Å². The molecule has 5 nitrogen and oxygen atoms in total. The number of H-pyrrole nitrogens is 1.